The first-order valence-electron chi connectivity index (χ1n) is 11.6. The standard InChI is InChI=1S/C28H25BrN4O2/c1-2-23-25(29)24-26(32-22(28(34)35)15-18-9-4-3-5-10-18)30-17-31-27(24)33(23)16-20-13-8-12-19-11-6-7-14-21(19)20/h3-14,17,22H,2,15-16H2,1H3,(H,34,35)(H,30,31,32). The van der Waals surface area contributed by atoms with Gasteiger partial charge < -0.3 is 15.0 Å². The molecule has 7 heteroatoms. The third kappa shape index (κ3) is 4.51. The maximum atomic E-state index is 12.1. The van der Waals surface area contributed by atoms with Gasteiger partial charge in [-0.2, -0.15) is 0 Å². The maximum absolute atomic E-state index is 12.1. The molecule has 2 aromatic heterocycles. The van der Waals surface area contributed by atoms with Crippen LogP contribution in [0, 0.1) is 0 Å². The summed E-state index contributed by atoms with van der Waals surface area (Å²) < 4.78 is 3.09. The molecule has 0 saturated carbocycles. The predicted octanol–water partition coefficient (Wildman–Crippen LogP) is 6.07. The van der Waals surface area contributed by atoms with Gasteiger partial charge in [-0.25, -0.2) is 14.8 Å². The van der Waals surface area contributed by atoms with E-state index < -0.39 is 12.0 Å². The van der Waals surface area contributed by atoms with Crippen LogP contribution in [-0.2, 0) is 24.2 Å². The number of aromatic nitrogens is 3. The molecule has 5 aromatic rings. The van der Waals surface area contributed by atoms with Gasteiger partial charge >= 0.3 is 5.97 Å². The molecule has 176 valence electrons. The number of hydrogen-bond donors (Lipinski definition) is 2. The predicted molar refractivity (Wildman–Crippen MR) is 143 cm³/mol. The number of carboxylic acid groups (broad SMARTS) is 1. The van der Waals surface area contributed by atoms with Crippen molar-refractivity contribution >= 4 is 49.5 Å². The molecule has 0 bridgehead atoms. The second-order valence-electron chi connectivity index (χ2n) is 8.48. The zero-order valence-corrected chi connectivity index (χ0v) is 20.9. The molecule has 5 rings (SSSR count). The van der Waals surface area contributed by atoms with Crippen molar-refractivity contribution in [1.29, 1.82) is 0 Å². The number of carbonyl (C=O) groups is 1. The van der Waals surface area contributed by atoms with Crippen molar-refractivity contribution in [3.63, 3.8) is 0 Å². The van der Waals surface area contributed by atoms with Crippen molar-refractivity contribution in [3.05, 3.63) is 100 Å². The van der Waals surface area contributed by atoms with Crippen molar-refractivity contribution in [3.8, 4) is 0 Å². The van der Waals surface area contributed by atoms with E-state index >= 15 is 0 Å². The van der Waals surface area contributed by atoms with E-state index in [9.17, 15) is 9.90 Å². The molecule has 1 atom stereocenters. The third-order valence-electron chi connectivity index (χ3n) is 6.32. The number of fused-ring (bicyclic) bond motifs is 2. The lowest BCUT2D eigenvalue weighted by Crippen LogP contribution is -2.32. The number of benzene rings is 3. The van der Waals surface area contributed by atoms with E-state index in [4.69, 9.17) is 0 Å². The minimum Gasteiger partial charge on any atom is -0.480 e. The fourth-order valence-electron chi connectivity index (χ4n) is 4.62. The molecule has 0 saturated heterocycles. The molecule has 2 heterocycles. The Morgan fingerprint density at radius 2 is 1.77 bits per heavy atom. The zero-order chi connectivity index (χ0) is 24.4. The molecule has 6 nitrogen and oxygen atoms in total. The first kappa shape index (κ1) is 23.1. The quantitative estimate of drug-likeness (QED) is 0.255. The van der Waals surface area contributed by atoms with Crippen LogP contribution in [0.1, 0.15) is 23.7 Å². The van der Waals surface area contributed by atoms with Crippen LogP contribution < -0.4 is 5.32 Å². The Bertz CT molecular complexity index is 1510. The Morgan fingerprint density at radius 1 is 1.03 bits per heavy atom. The summed E-state index contributed by atoms with van der Waals surface area (Å²) in [5.41, 5.74) is 4.00. The summed E-state index contributed by atoms with van der Waals surface area (Å²) in [5.74, 6) is -0.417. The molecule has 0 aliphatic heterocycles. The van der Waals surface area contributed by atoms with Gasteiger partial charge in [0.25, 0.3) is 0 Å². The summed E-state index contributed by atoms with van der Waals surface area (Å²) in [4.78, 5) is 21.2. The molecule has 1 unspecified atom stereocenters. The van der Waals surface area contributed by atoms with Gasteiger partial charge in [0.15, 0.2) is 0 Å². The SMILES string of the molecule is CCc1c(Br)c2c(NC(Cc3ccccc3)C(=O)O)ncnc2n1Cc1cccc2ccccc12. The average Bonchev–Trinajstić information content (AvgIpc) is 3.15. The Hall–Kier alpha value is -3.71. The molecule has 0 amide bonds. The molecule has 0 radical (unpaired) electrons. The Kier molecular flexibility index (Phi) is 6.51. The molecule has 0 aliphatic carbocycles. The van der Waals surface area contributed by atoms with E-state index in [0.717, 1.165) is 33.2 Å². The Morgan fingerprint density at radius 3 is 2.54 bits per heavy atom. The van der Waals surface area contributed by atoms with E-state index in [2.05, 4.69) is 79.1 Å². The van der Waals surface area contributed by atoms with Gasteiger partial charge in [-0.15, -0.1) is 0 Å². The fraction of sp³-hybridized carbons (Fsp3) is 0.179. The summed E-state index contributed by atoms with van der Waals surface area (Å²) in [5, 5.41) is 16.3. The smallest absolute Gasteiger partial charge is 0.326 e. The molecule has 0 spiro atoms. The van der Waals surface area contributed by atoms with Crippen LogP contribution in [0.5, 0.6) is 0 Å². The third-order valence-corrected chi connectivity index (χ3v) is 7.17. The second-order valence-corrected chi connectivity index (χ2v) is 9.28. The van der Waals surface area contributed by atoms with Crippen molar-refractivity contribution < 1.29 is 9.90 Å². The van der Waals surface area contributed by atoms with Gasteiger partial charge in [-0.1, -0.05) is 79.7 Å². The highest BCUT2D eigenvalue weighted by molar-refractivity contribution is 9.10. The van der Waals surface area contributed by atoms with Crippen LogP contribution in [0.3, 0.4) is 0 Å². The summed E-state index contributed by atoms with van der Waals surface area (Å²) in [6.07, 6.45) is 2.63. The van der Waals surface area contributed by atoms with Crippen LogP contribution >= 0.6 is 15.9 Å². The molecule has 3 aromatic carbocycles. The lowest BCUT2D eigenvalue weighted by molar-refractivity contribution is -0.137. The Balaban J connectivity index is 1.57. The number of halogens is 1. The largest absolute Gasteiger partial charge is 0.480 e. The van der Waals surface area contributed by atoms with Crippen LogP contribution in [-0.4, -0.2) is 31.7 Å². The van der Waals surface area contributed by atoms with Gasteiger partial charge in [-0.3, -0.25) is 0 Å². The van der Waals surface area contributed by atoms with E-state index in [0.29, 0.717) is 18.8 Å². The average molecular weight is 529 g/mol. The highest BCUT2D eigenvalue weighted by Gasteiger charge is 2.24. The number of nitrogens with one attached hydrogen (secondary N) is 1. The lowest BCUT2D eigenvalue weighted by atomic mass is 10.0. The second kappa shape index (κ2) is 9.88. The number of aliphatic carboxylic acids is 1. The van der Waals surface area contributed by atoms with Crippen molar-refractivity contribution in [2.75, 3.05) is 5.32 Å². The summed E-state index contributed by atoms with van der Waals surface area (Å²) in [7, 11) is 0. The Labute approximate surface area is 211 Å². The van der Waals surface area contributed by atoms with E-state index in [1.54, 1.807) is 0 Å². The van der Waals surface area contributed by atoms with Gasteiger partial charge in [0.2, 0.25) is 0 Å². The zero-order valence-electron chi connectivity index (χ0n) is 19.3. The van der Waals surface area contributed by atoms with E-state index in [-0.39, 0.29) is 0 Å². The number of anilines is 1. The molecule has 35 heavy (non-hydrogen) atoms. The highest BCUT2D eigenvalue weighted by atomic mass is 79.9. The monoisotopic (exact) mass is 528 g/mol. The van der Waals surface area contributed by atoms with Crippen LogP contribution in [0.4, 0.5) is 5.82 Å². The van der Waals surface area contributed by atoms with Crippen molar-refractivity contribution in [2.45, 2.75) is 32.4 Å². The van der Waals surface area contributed by atoms with E-state index in [1.165, 1.54) is 22.7 Å². The first-order chi connectivity index (χ1) is 17.1. The topological polar surface area (TPSA) is 80.0 Å². The normalized spacial score (nSPS) is 12.2. The summed E-state index contributed by atoms with van der Waals surface area (Å²) in [6.45, 7) is 2.75. The first-order valence-corrected chi connectivity index (χ1v) is 12.4. The van der Waals surface area contributed by atoms with Crippen molar-refractivity contribution in [1.82, 2.24) is 14.5 Å². The van der Waals surface area contributed by atoms with Gasteiger partial charge in [0, 0.05) is 18.7 Å². The minimum atomic E-state index is -0.928. The highest BCUT2D eigenvalue weighted by Crippen LogP contribution is 2.36. The molecular formula is C28H25BrN4O2. The number of nitrogens with zero attached hydrogens (tertiary/aromatic N) is 3. The molecule has 2 N–H and O–H groups in total. The number of carboxylic acids is 1. The van der Waals surface area contributed by atoms with Crippen LogP contribution in [0.25, 0.3) is 21.8 Å². The summed E-state index contributed by atoms with van der Waals surface area (Å²) >= 11 is 3.78. The van der Waals surface area contributed by atoms with Crippen LogP contribution in [0.2, 0.25) is 0 Å². The van der Waals surface area contributed by atoms with Gasteiger partial charge in [-0.05, 0) is 44.3 Å². The van der Waals surface area contributed by atoms with E-state index in [1.807, 2.05) is 36.4 Å². The van der Waals surface area contributed by atoms with Gasteiger partial charge in [0.1, 0.15) is 23.8 Å². The van der Waals surface area contributed by atoms with Crippen LogP contribution in [0.15, 0.2) is 83.6 Å². The van der Waals surface area contributed by atoms with Gasteiger partial charge in [0.05, 0.1) is 9.86 Å². The minimum absolute atomic E-state index is 0.344. The lowest BCUT2D eigenvalue weighted by Gasteiger charge is -2.16. The maximum Gasteiger partial charge on any atom is 0.326 e. The number of rotatable bonds is 8. The van der Waals surface area contributed by atoms with Crippen molar-refractivity contribution in [2.24, 2.45) is 0 Å². The molecule has 0 fully saturated rings. The molecular weight excluding hydrogens is 504 g/mol. The molecule has 0 aliphatic rings. The fourth-order valence-corrected chi connectivity index (χ4v) is 5.47. The number of hydrogen-bond acceptors (Lipinski definition) is 4. The summed E-state index contributed by atoms with van der Waals surface area (Å²) in [6, 6.07) is 23.5.